The maximum absolute atomic E-state index is 5.88. The number of aromatic nitrogens is 2. The largest absolute Gasteiger partial charge is 0.341 e. The Morgan fingerprint density at radius 2 is 2.43 bits per heavy atom. The van der Waals surface area contributed by atoms with Crippen molar-refractivity contribution in [2.24, 2.45) is 5.73 Å². The van der Waals surface area contributed by atoms with E-state index in [4.69, 9.17) is 5.73 Å². The van der Waals surface area contributed by atoms with E-state index in [1.165, 1.54) is 0 Å². The minimum absolute atomic E-state index is 0.317. The van der Waals surface area contributed by atoms with Crippen LogP contribution >= 0.6 is 0 Å². The van der Waals surface area contributed by atoms with Gasteiger partial charge in [0.05, 0.1) is 5.69 Å². The van der Waals surface area contributed by atoms with Gasteiger partial charge in [0.1, 0.15) is 0 Å². The molecule has 4 nitrogen and oxygen atoms in total. The molecule has 2 rings (SSSR count). The van der Waals surface area contributed by atoms with Gasteiger partial charge in [0.2, 0.25) is 5.95 Å². The van der Waals surface area contributed by atoms with Crippen molar-refractivity contribution < 1.29 is 0 Å². The highest BCUT2D eigenvalue weighted by Crippen LogP contribution is 2.18. The van der Waals surface area contributed by atoms with E-state index < -0.39 is 0 Å². The van der Waals surface area contributed by atoms with Crippen LogP contribution in [0.2, 0.25) is 0 Å². The fraction of sp³-hybridized carbons (Fsp3) is 0.700. The van der Waals surface area contributed by atoms with Crippen molar-refractivity contribution in [3.8, 4) is 0 Å². The van der Waals surface area contributed by atoms with E-state index in [1.54, 1.807) is 0 Å². The van der Waals surface area contributed by atoms with Crippen LogP contribution in [0.1, 0.15) is 19.0 Å². The molecule has 1 aliphatic rings. The molecule has 78 valence electrons. The number of nitrogens with two attached hydrogens (primary N) is 1. The molecule has 0 saturated carbocycles. The SMILES string of the molecule is CCn1cc(C)nc1N1CC[C@@H](N)C1. The molecule has 1 fully saturated rings. The predicted molar refractivity (Wildman–Crippen MR) is 57.4 cm³/mol. The van der Waals surface area contributed by atoms with Crippen LogP contribution < -0.4 is 10.6 Å². The summed E-state index contributed by atoms with van der Waals surface area (Å²) >= 11 is 0. The highest BCUT2D eigenvalue weighted by molar-refractivity contribution is 5.35. The zero-order valence-electron chi connectivity index (χ0n) is 8.90. The maximum Gasteiger partial charge on any atom is 0.205 e. The number of hydrogen-bond donors (Lipinski definition) is 1. The van der Waals surface area contributed by atoms with E-state index in [-0.39, 0.29) is 0 Å². The molecule has 0 aromatic carbocycles. The van der Waals surface area contributed by atoms with E-state index in [2.05, 4.69) is 27.6 Å². The van der Waals surface area contributed by atoms with E-state index >= 15 is 0 Å². The Hall–Kier alpha value is -1.03. The van der Waals surface area contributed by atoms with E-state index in [0.29, 0.717) is 6.04 Å². The maximum atomic E-state index is 5.88. The molecule has 4 heteroatoms. The molecule has 2 N–H and O–H groups in total. The van der Waals surface area contributed by atoms with E-state index in [1.807, 2.05) is 6.92 Å². The molecule has 0 radical (unpaired) electrons. The number of imidazole rings is 1. The highest BCUT2D eigenvalue weighted by Gasteiger charge is 2.22. The average molecular weight is 194 g/mol. The van der Waals surface area contributed by atoms with Crippen LogP contribution in [0.15, 0.2) is 6.20 Å². The van der Waals surface area contributed by atoms with Crippen molar-refractivity contribution >= 4 is 5.95 Å². The van der Waals surface area contributed by atoms with Crippen molar-refractivity contribution in [2.75, 3.05) is 18.0 Å². The second-order valence-corrected chi connectivity index (χ2v) is 3.96. The first kappa shape index (κ1) is 9.52. The first-order chi connectivity index (χ1) is 6.70. The van der Waals surface area contributed by atoms with Crippen molar-refractivity contribution in [2.45, 2.75) is 32.9 Å². The number of aryl methyl sites for hydroxylation is 2. The normalized spacial score (nSPS) is 21.9. The Kier molecular flexibility index (Phi) is 2.46. The van der Waals surface area contributed by atoms with Crippen LogP contribution in [0.4, 0.5) is 5.95 Å². The lowest BCUT2D eigenvalue weighted by Crippen LogP contribution is -2.28. The molecule has 0 bridgehead atoms. The van der Waals surface area contributed by atoms with E-state index in [9.17, 15) is 0 Å². The summed E-state index contributed by atoms with van der Waals surface area (Å²) in [5.74, 6) is 1.08. The Labute approximate surface area is 84.7 Å². The van der Waals surface area contributed by atoms with Gasteiger partial charge in [-0.15, -0.1) is 0 Å². The Morgan fingerprint density at radius 3 is 3.00 bits per heavy atom. The molecule has 0 spiro atoms. The molecule has 1 aromatic heterocycles. The number of hydrogen-bond acceptors (Lipinski definition) is 3. The summed E-state index contributed by atoms with van der Waals surface area (Å²) < 4.78 is 2.19. The van der Waals surface area contributed by atoms with Gasteiger partial charge in [0, 0.05) is 31.9 Å². The summed E-state index contributed by atoms with van der Waals surface area (Å²) in [4.78, 5) is 6.81. The van der Waals surface area contributed by atoms with Crippen LogP contribution in [-0.4, -0.2) is 28.7 Å². The smallest absolute Gasteiger partial charge is 0.205 e. The average Bonchev–Trinajstić information content (AvgIpc) is 2.71. The minimum Gasteiger partial charge on any atom is -0.341 e. The molecule has 1 saturated heterocycles. The number of anilines is 1. The summed E-state index contributed by atoms with van der Waals surface area (Å²) in [5.41, 5.74) is 6.97. The standard InChI is InChI=1S/C10H18N4/c1-3-13-6-8(2)12-10(13)14-5-4-9(11)7-14/h6,9H,3-5,7,11H2,1-2H3/t9-/m1/s1. The molecule has 1 aliphatic heterocycles. The lowest BCUT2D eigenvalue weighted by molar-refractivity contribution is 0.720. The van der Waals surface area contributed by atoms with Gasteiger partial charge in [0.25, 0.3) is 0 Å². The van der Waals surface area contributed by atoms with Crippen molar-refractivity contribution in [1.82, 2.24) is 9.55 Å². The van der Waals surface area contributed by atoms with Crippen LogP contribution in [0.3, 0.4) is 0 Å². The third kappa shape index (κ3) is 1.62. The first-order valence-corrected chi connectivity index (χ1v) is 5.25. The minimum atomic E-state index is 0.317. The second kappa shape index (κ2) is 3.61. The quantitative estimate of drug-likeness (QED) is 0.755. The van der Waals surface area contributed by atoms with Crippen LogP contribution in [-0.2, 0) is 6.54 Å². The third-order valence-corrected chi connectivity index (χ3v) is 2.72. The van der Waals surface area contributed by atoms with Gasteiger partial charge in [-0.1, -0.05) is 0 Å². The van der Waals surface area contributed by atoms with Crippen molar-refractivity contribution in [1.29, 1.82) is 0 Å². The molecule has 0 unspecified atom stereocenters. The lowest BCUT2D eigenvalue weighted by atomic mass is 10.3. The molecule has 2 heterocycles. The molecular weight excluding hydrogens is 176 g/mol. The van der Waals surface area contributed by atoms with E-state index in [0.717, 1.165) is 37.7 Å². The third-order valence-electron chi connectivity index (χ3n) is 2.72. The summed E-state index contributed by atoms with van der Waals surface area (Å²) in [6.45, 7) is 7.13. The molecule has 0 aliphatic carbocycles. The highest BCUT2D eigenvalue weighted by atomic mass is 15.3. The van der Waals surface area contributed by atoms with Crippen molar-refractivity contribution in [3.05, 3.63) is 11.9 Å². The predicted octanol–water partition coefficient (Wildman–Crippen LogP) is 0.749. The molecule has 0 amide bonds. The molecule has 1 atom stereocenters. The van der Waals surface area contributed by atoms with Gasteiger partial charge < -0.3 is 15.2 Å². The van der Waals surface area contributed by atoms with Crippen LogP contribution in [0, 0.1) is 6.92 Å². The van der Waals surface area contributed by atoms with Gasteiger partial charge >= 0.3 is 0 Å². The van der Waals surface area contributed by atoms with Gasteiger partial charge in [-0.25, -0.2) is 4.98 Å². The van der Waals surface area contributed by atoms with Gasteiger partial charge in [0.15, 0.2) is 0 Å². The zero-order valence-corrected chi connectivity index (χ0v) is 8.90. The molecule has 14 heavy (non-hydrogen) atoms. The van der Waals surface area contributed by atoms with Gasteiger partial charge in [-0.2, -0.15) is 0 Å². The van der Waals surface area contributed by atoms with Crippen LogP contribution in [0.25, 0.3) is 0 Å². The fourth-order valence-electron chi connectivity index (χ4n) is 1.99. The summed E-state index contributed by atoms with van der Waals surface area (Å²) in [6.07, 6.45) is 3.18. The summed E-state index contributed by atoms with van der Waals surface area (Å²) in [6, 6.07) is 0.317. The topological polar surface area (TPSA) is 47.1 Å². The molecule has 1 aromatic rings. The second-order valence-electron chi connectivity index (χ2n) is 3.96. The molecular formula is C10H18N4. The van der Waals surface area contributed by atoms with Crippen LogP contribution in [0.5, 0.6) is 0 Å². The van der Waals surface area contributed by atoms with Crippen molar-refractivity contribution in [3.63, 3.8) is 0 Å². The monoisotopic (exact) mass is 194 g/mol. The van der Waals surface area contributed by atoms with Gasteiger partial charge in [-0.3, -0.25) is 0 Å². The Bertz CT molecular complexity index is 318. The summed E-state index contributed by atoms with van der Waals surface area (Å²) in [5, 5.41) is 0. The number of rotatable bonds is 2. The number of nitrogens with zero attached hydrogens (tertiary/aromatic N) is 3. The fourth-order valence-corrected chi connectivity index (χ4v) is 1.99. The zero-order chi connectivity index (χ0) is 10.1. The lowest BCUT2D eigenvalue weighted by Gasteiger charge is -2.17. The Balaban J connectivity index is 2.22. The summed E-state index contributed by atoms with van der Waals surface area (Å²) in [7, 11) is 0. The Morgan fingerprint density at radius 1 is 1.64 bits per heavy atom. The van der Waals surface area contributed by atoms with Gasteiger partial charge in [-0.05, 0) is 20.3 Å². The first-order valence-electron chi connectivity index (χ1n) is 5.25.